The van der Waals surface area contributed by atoms with Gasteiger partial charge in [-0.05, 0) is 44.0 Å². The van der Waals surface area contributed by atoms with Crippen LogP contribution in [0.25, 0.3) is 17.0 Å². The van der Waals surface area contributed by atoms with Gasteiger partial charge in [-0.2, -0.15) is 0 Å². The van der Waals surface area contributed by atoms with E-state index in [1.807, 2.05) is 44.2 Å². The van der Waals surface area contributed by atoms with E-state index >= 15 is 0 Å². The average Bonchev–Trinajstić information content (AvgIpc) is 3.08. The van der Waals surface area contributed by atoms with Crippen LogP contribution in [0.3, 0.4) is 0 Å². The lowest BCUT2D eigenvalue weighted by Gasteiger charge is -2.21. The van der Waals surface area contributed by atoms with Crippen molar-refractivity contribution < 1.29 is 14.0 Å². The van der Waals surface area contributed by atoms with Gasteiger partial charge in [0.2, 0.25) is 11.8 Å². The minimum atomic E-state index is -0.677. The number of anilines is 1. The topological polar surface area (TPSA) is 87.5 Å². The Morgan fingerprint density at radius 1 is 1.31 bits per heavy atom. The summed E-state index contributed by atoms with van der Waals surface area (Å²) < 4.78 is 6.00. The molecule has 0 radical (unpaired) electrons. The molecule has 7 nitrogen and oxygen atoms in total. The molecule has 3 aromatic rings. The van der Waals surface area contributed by atoms with Crippen molar-refractivity contribution in [1.29, 1.82) is 0 Å². The average molecular weight is 433 g/mol. The van der Waals surface area contributed by atoms with Gasteiger partial charge in [-0.1, -0.05) is 25.1 Å². The highest BCUT2D eigenvalue weighted by Crippen LogP contribution is 2.27. The van der Waals surface area contributed by atoms with E-state index in [4.69, 9.17) is 4.42 Å². The summed E-state index contributed by atoms with van der Waals surface area (Å²) in [6.45, 7) is 6.65. The molecule has 0 aliphatic carbocycles. The lowest BCUT2D eigenvalue weighted by atomic mass is 10.1. The van der Waals surface area contributed by atoms with Crippen LogP contribution >= 0.6 is 0 Å². The zero-order valence-corrected chi connectivity index (χ0v) is 18.9. The Balaban J connectivity index is 1.47. The fourth-order valence-corrected chi connectivity index (χ4v) is 3.78. The number of likely N-dealkylation sites (N-methyl/N-ethyl adjacent to an activating group) is 1. The normalized spacial score (nSPS) is 15.4. The lowest BCUT2D eigenvalue weighted by molar-refractivity contribution is -0.125. The number of rotatable bonds is 5. The molecule has 2 amide bonds. The fraction of sp³-hybridized carbons (Fsp3) is 0.320. The monoisotopic (exact) mass is 432 g/mol. The second-order valence-electron chi connectivity index (χ2n) is 8.59. The predicted octanol–water partition coefficient (Wildman–Crippen LogP) is 3.88. The number of amides is 2. The molecular formula is C25H28N4O3. The van der Waals surface area contributed by atoms with Crippen molar-refractivity contribution in [3.8, 4) is 0 Å². The molecule has 0 fully saturated rings. The minimum Gasteiger partial charge on any atom is -0.459 e. The van der Waals surface area contributed by atoms with Crippen LogP contribution in [0.5, 0.6) is 0 Å². The molecule has 166 valence electrons. The van der Waals surface area contributed by atoms with Gasteiger partial charge in [0.25, 0.3) is 0 Å². The number of carbonyl (C=O) groups is 2. The Morgan fingerprint density at radius 3 is 2.88 bits per heavy atom. The van der Waals surface area contributed by atoms with Crippen LogP contribution in [0.4, 0.5) is 5.82 Å². The van der Waals surface area contributed by atoms with Crippen LogP contribution in [0.1, 0.15) is 43.2 Å². The van der Waals surface area contributed by atoms with E-state index in [9.17, 15) is 9.59 Å². The number of aryl methyl sites for hydroxylation is 1. The Morgan fingerprint density at radius 2 is 2.09 bits per heavy atom. The van der Waals surface area contributed by atoms with Crippen molar-refractivity contribution in [2.45, 2.75) is 45.8 Å². The van der Waals surface area contributed by atoms with Gasteiger partial charge in [0.1, 0.15) is 17.2 Å². The molecule has 7 heteroatoms. The molecule has 4 rings (SSSR count). The number of fused-ring (bicyclic) bond motifs is 2. The first-order chi connectivity index (χ1) is 15.3. The Labute approximate surface area is 187 Å². The Bertz CT molecular complexity index is 1210. The third-order valence-corrected chi connectivity index (χ3v) is 5.82. The molecule has 0 bridgehead atoms. The van der Waals surface area contributed by atoms with Gasteiger partial charge >= 0.3 is 0 Å². The first-order valence-electron chi connectivity index (χ1n) is 10.8. The molecule has 0 saturated carbocycles. The van der Waals surface area contributed by atoms with E-state index in [-0.39, 0.29) is 11.8 Å². The zero-order chi connectivity index (χ0) is 22.9. The quantitative estimate of drug-likeness (QED) is 0.598. The van der Waals surface area contributed by atoms with Crippen molar-refractivity contribution in [1.82, 2.24) is 15.2 Å². The molecule has 3 heterocycles. The van der Waals surface area contributed by atoms with Gasteiger partial charge in [0, 0.05) is 42.4 Å². The summed E-state index contributed by atoms with van der Waals surface area (Å²) in [6.07, 6.45) is 5.76. The maximum atomic E-state index is 12.7. The van der Waals surface area contributed by atoms with Crippen LogP contribution in [0.15, 0.2) is 47.0 Å². The zero-order valence-electron chi connectivity index (χ0n) is 18.9. The van der Waals surface area contributed by atoms with Gasteiger partial charge in [-0.3, -0.25) is 14.9 Å². The fourth-order valence-electron chi connectivity index (χ4n) is 3.78. The van der Waals surface area contributed by atoms with Crippen LogP contribution in [0.2, 0.25) is 0 Å². The largest absolute Gasteiger partial charge is 0.459 e. The maximum absolute atomic E-state index is 12.7. The van der Waals surface area contributed by atoms with E-state index in [0.29, 0.717) is 18.9 Å². The number of aromatic nitrogens is 1. The predicted molar refractivity (Wildman–Crippen MR) is 125 cm³/mol. The van der Waals surface area contributed by atoms with Crippen LogP contribution < -0.4 is 10.6 Å². The van der Waals surface area contributed by atoms with Gasteiger partial charge < -0.3 is 14.6 Å². The van der Waals surface area contributed by atoms with Gasteiger partial charge in [0.15, 0.2) is 0 Å². The molecule has 1 aromatic carbocycles. The summed E-state index contributed by atoms with van der Waals surface area (Å²) in [6, 6.07) is 9.86. The number of nitrogens with zero attached hydrogens (tertiary/aromatic N) is 2. The maximum Gasteiger partial charge on any atom is 0.246 e. The lowest BCUT2D eigenvalue weighted by Crippen LogP contribution is -2.47. The highest BCUT2D eigenvalue weighted by Gasteiger charge is 2.30. The standard InChI is InChI=1S/C25H28N4O3/c1-5-18-19-8-6-7-9-20(19)32-21(18)15-29(4)22(30)11-10-16-12-17-14-27-25(2,3)24(31)28-23(17)26-13-16/h6-13,27H,5,14-15H2,1-4H3,(H,26,28,31)/b11-10+. The van der Waals surface area contributed by atoms with Crippen molar-refractivity contribution in [2.24, 2.45) is 0 Å². The third kappa shape index (κ3) is 4.29. The summed E-state index contributed by atoms with van der Waals surface area (Å²) in [4.78, 5) is 31.0. The highest BCUT2D eigenvalue weighted by atomic mass is 16.3. The van der Waals surface area contributed by atoms with E-state index in [0.717, 1.165) is 39.8 Å². The second-order valence-corrected chi connectivity index (χ2v) is 8.59. The molecule has 32 heavy (non-hydrogen) atoms. The molecule has 0 saturated heterocycles. The molecule has 1 aliphatic rings. The van der Waals surface area contributed by atoms with Crippen LogP contribution in [0, 0.1) is 0 Å². The number of benzene rings is 1. The van der Waals surface area contributed by atoms with Crippen molar-refractivity contribution in [3.63, 3.8) is 0 Å². The Kier molecular flexibility index (Phi) is 5.84. The summed E-state index contributed by atoms with van der Waals surface area (Å²) in [5.74, 6) is 1.11. The number of furan rings is 1. The van der Waals surface area contributed by atoms with Crippen molar-refractivity contribution in [3.05, 3.63) is 65.1 Å². The van der Waals surface area contributed by atoms with E-state index in [1.165, 1.54) is 6.08 Å². The molecule has 2 aromatic heterocycles. The Hall–Kier alpha value is -3.45. The smallest absolute Gasteiger partial charge is 0.246 e. The molecule has 2 N–H and O–H groups in total. The van der Waals surface area contributed by atoms with Crippen LogP contribution in [-0.4, -0.2) is 34.3 Å². The molecular weight excluding hydrogens is 404 g/mol. The highest BCUT2D eigenvalue weighted by molar-refractivity contribution is 5.98. The molecule has 0 atom stereocenters. The van der Waals surface area contributed by atoms with E-state index in [2.05, 4.69) is 22.5 Å². The number of hydrogen-bond donors (Lipinski definition) is 2. The number of carbonyl (C=O) groups excluding carboxylic acids is 2. The summed E-state index contributed by atoms with van der Waals surface area (Å²) in [7, 11) is 1.76. The van der Waals surface area contributed by atoms with E-state index < -0.39 is 5.54 Å². The van der Waals surface area contributed by atoms with Gasteiger partial charge in [-0.15, -0.1) is 0 Å². The third-order valence-electron chi connectivity index (χ3n) is 5.82. The first kappa shape index (κ1) is 21.8. The SMILES string of the molecule is CCc1c(CN(C)C(=O)/C=C/c2cnc3c(c2)CNC(C)(C)C(=O)N3)oc2ccccc12. The molecule has 0 unspecified atom stereocenters. The van der Waals surface area contributed by atoms with E-state index in [1.54, 1.807) is 24.2 Å². The second kappa shape index (κ2) is 8.59. The van der Waals surface area contributed by atoms with Crippen LogP contribution in [-0.2, 0) is 29.1 Å². The number of hydrogen-bond acceptors (Lipinski definition) is 5. The first-order valence-corrected chi connectivity index (χ1v) is 10.8. The van der Waals surface area contributed by atoms with Crippen molar-refractivity contribution >= 4 is 34.7 Å². The van der Waals surface area contributed by atoms with Crippen molar-refractivity contribution in [2.75, 3.05) is 12.4 Å². The molecule has 0 spiro atoms. The van der Waals surface area contributed by atoms with Gasteiger partial charge in [-0.25, -0.2) is 4.98 Å². The van der Waals surface area contributed by atoms with Gasteiger partial charge in [0.05, 0.1) is 12.1 Å². The number of nitrogens with one attached hydrogen (secondary N) is 2. The summed E-state index contributed by atoms with van der Waals surface area (Å²) in [5, 5.41) is 7.17. The minimum absolute atomic E-state index is 0.124. The number of pyridine rings is 1. The summed E-state index contributed by atoms with van der Waals surface area (Å²) in [5.41, 5.74) is 2.97. The molecule has 1 aliphatic heterocycles. The number of para-hydroxylation sites is 1. The summed E-state index contributed by atoms with van der Waals surface area (Å²) >= 11 is 0.